The van der Waals surface area contributed by atoms with Gasteiger partial charge in [0, 0.05) is 0 Å². The molecule has 1 aromatic heterocycles. The molecule has 0 spiro atoms. The lowest BCUT2D eigenvalue weighted by atomic mass is 10.1. The molecular formula is C12H7Cl2N3O3. The number of hydrogen-bond acceptors (Lipinski definition) is 4. The van der Waals surface area contributed by atoms with E-state index in [-0.39, 0.29) is 27.1 Å². The minimum absolute atomic E-state index is 0.0176. The average Bonchev–Trinajstić information content (AvgIpc) is 2.43. The van der Waals surface area contributed by atoms with Crippen molar-refractivity contribution in [1.29, 1.82) is 0 Å². The first kappa shape index (κ1) is 14.2. The lowest BCUT2D eigenvalue weighted by Gasteiger charge is -2.09. The first-order valence-corrected chi connectivity index (χ1v) is 6.06. The predicted octanol–water partition coefficient (Wildman–Crippen LogP) is 2.73. The number of carboxylic acid groups (broad SMARTS) is 1. The maximum Gasteiger partial charge on any atom is 0.336 e. The summed E-state index contributed by atoms with van der Waals surface area (Å²) in [6.07, 6.45) is 1.14. The normalized spacial score (nSPS) is 10.1. The Morgan fingerprint density at radius 3 is 2.15 bits per heavy atom. The Balaban J connectivity index is 2.36. The number of aromatic nitrogens is 2. The molecule has 0 saturated carbocycles. The topological polar surface area (TPSA) is 92.2 Å². The summed E-state index contributed by atoms with van der Waals surface area (Å²) in [5.41, 5.74) is -0.119. The second-order valence-corrected chi connectivity index (χ2v) is 4.35. The number of carboxylic acids is 1. The van der Waals surface area contributed by atoms with E-state index in [2.05, 4.69) is 15.3 Å². The van der Waals surface area contributed by atoms with Crippen molar-refractivity contribution in [2.24, 2.45) is 0 Å². The largest absolute Gasteiger partial charge is 0.478 e. The summed E-state index contributed by atoms with van der Waals surface area (Å²) in [4.78, 5) is 30.5. The molecule has 0 aliphatic carbocycles. The summed E-state index contributed by atoms with van der Waals surface area (Å²) in [7, 11) is 0. The lowest BCUT2D eigenvalue weighted by Crippen LogP contribution is -2.17. The Bertz CT molecular complexity index is 671. The average molecular weight is 312 g/mol. The molecule has 1 heterocycles. The Labute approximate surface area is 123 Å². The highest BCUT2D eigenvalue weighted by Gasteiger charge is 2.18. The van der Waals surface area contributed by atoms with Gasteiger partial charge in [-0.3, -0.25) is 4.79 Å². The molecule has 0 unspecified atom stereocenters. The molecule has 2 N–H and O–H groups in total. The van der Waals surface area contributed by atoms with E-state index < -0.39 is 11.9 Å². The summed E-state index contributed by atoms with van der Waals surface area (Å²) >= 11 is 11.6. The fraction of sp³-hybridized carbons (Fsp3) is 0. The number of amides is 1. The monoisotopic (exact) mass is 311 g/mol. The molecule has 0 radical (unpaired) electrons. The summed E-state index contributed by atoms with van der Waals surface area (Å²) in [6, 6.07) is 5.77. The minimum atomic E-state index is -1.21. The second kappa shape index (κ2) is 5.85. The molecule has 0 atom stereocenters. The minimum Gasteiger partial charge on any atom is -0.478 e. The van der Waals surface area contributed by atoms with E-state index in [0.717, 1.165) is 6.33 Å². The van der Waals surface area contributed by atoms with Crippen molar-refractivity contribution in [1.82, 2.24) is 9.97 Å². The van der Waals surface area contributed by atoms with Crippen LogP contribution in [0.25, 0.3) is 0 Å². The van der Waals surface area contributed by atoms with Crippen LogP contribution < -0.4 is 5.32 Å². The van der Waals surface area contributed by atoms with E-state index in [4.69, 9.17) is 28.3 Å². The summed E-state index contributed by atoms with van der Waals surface area (Å²) < 4.78 is 0. The van der Waals surface area contributed by atoms with E-state index >= 15 is 0 Å². The zero-order chi connectivity index (χ0) is 14.7. The van der Waals surface area contributed by atoms with Gasteiger partial charge in [-0.05, 0) is 12.1 Å². The van der Waals surface area contributed by atoms with Crippen LogP contribution in [0.5, 0.6) is 0 Å². The van der Waals surface area contributed by atoms with Gasteiger partial charge in [-0.15, -0.1) is 0 Å². The highest BCUT2D eigenvalue weighted by atomic mass is 35.5. The summed E-state index contributed by atoms with van der Waals surface area (Å²) in [5.74, 6) is -1.88. The van der Waals surface area contributed by atoms with Crippen molar-refractivity contribution in [2.45, 2.75) is 0 Å². The third-order valence-corrected chi connectivity index (χ3v) is 2.97. The fourth-order valence-electron chi connectivity index (χ4n) is 1.50. The van der Waals surface area contributed by atoms with Crippen LogP contribution in [0.15, 0.2) is 30.6 Å². The van der Waals surface area contributed by atoms with Gasteiger partial charge in [-0.25, -0.2) is 14.8 Å². The molecule has 0 fully saturated rings. The quantitative estimate of drug-likeness (QED) is 0.850. The summed E-state index contributed by atoms with van der Waals surface area (Å²) in [6.45, 7) is 0. The van der Waals surface area contributed by atoms with Gasteiger partial charge in [0.25, 0.3) is 5.91 Å². The van der Waals surface area contributed by atoms with Gasteiger partial charge in [0.05, 0.1) is 11.1 Å². The molecule has 102 valence electrons. The zero-order valence-electron chi connectivity index (χ0n) is 9.80. The number of benzene rings is 1. The first-order chi connectivity index (χ1) is 9.50. The van der Waals surface area contributed by atoms with Gasteiger partial charge in [0.1, 0.15) is 12.0 Å². The molecule has 1 aromatic carbocycles. The number of anilines is 1. The highest BCUT2D eigenvalue weighted by Crippen LogP contribution is 2.26. The van der Waals surface area contributed by atoms with Crippen LogP contribution in [0.4, 0.5) is 5.69 Å². The molecule has 20 heavy (non-hydrogen) atoms. The van der Waals surface area contributed by atoms with Crippen molar-refractivity contribution in [3.8, 4) is 0 Å². The van der Waals surface area contributed by atoms with Crippen molar-refractivity contribution in [3.63, 3.8) is 0 Å². The van der Waals surface area contributed by atoms with Gasteiger partial charge in [-0.1, -0.05) is 35.3 Å². The molecule has 0 aliphatic rings. The Morgan fingerprint density at radius 2 is 1.60 bits per heavy atom. The van der Waals surface area contributed by atoms with Crippen LogP contribution in [0, 0.1) is 0 Å². The number of nitrogens with zero attached hydrogens (tertiary/aromatic N) is 2. The van der Waals surface area contributed by atoms with Gasteiger partial charge in [0.15, 0.2) is 10.3 Å². The molecule has 0 bridgehead atoms. The molecule has 8 heteroatoms. The van der Waals surface area contributed by atoms with E-state index in [1.54, 1.807) is 6.07 Å². The molecule has 0 aliphatic heterocycles. The second-order valence-electron chi connectivity index (χ2n) is 3.64. The maximum absolute atomic E-state index is 12.1. The number of carbonyl (C=O) groups excluding carboxylic acids is 1. The number of carbonyl (C=O) groups is 2. The SMILES string of the molecule is O=C(O)c1ccccc1C(=O)Nc1c(Cl)ncnc1Cl. The third-order valence-electron chi connectivity index (χ3n) is 2.40. The number of rotatable bonds is 3. The van der Waals surface area contributed by atoms with Crippen molar-refractivity contribution in [2.75, 3.05) is 5.32 Å². The van der Waals surface area contributed by atoms with E-state index in [9.17, 15) is 9.59 Å². The van der Waals surface area contributed by atoms with Crippen LogP contribution in [-0.2, 0) is 0 Å². The molecule has 2 rings (SSSR count). The highest BCUT2D eigenvalue weighted by molar-refractivity contribution is 6.38. The molecule has 2 aromatic rings. The number of hydrogen-bond donors (Lipinski definition) is 2. The van der Waals surface area contributed by atoms with Gasteiger partial charge >= 0.3 is 5.97 Å². The van der Waals surface area contributed by atoms with Crippen molar-refractivity contribution < 1.29 is 14.7 Å². The predicted molar refractivity (Wildman–Crippen MR) is 73.4 cm³/mol. The van der Waals surface area contributed by atoms with Gasteiger partial charge in [0.2, 0.25) is 0 Å². The first-order valence-electron chi connectivity index (χ1n) is 5.30. The standard InChI is InChI=1S/C12H7Cl2N3O3/c13-9-8(10(14)16-5-15-9)17-11(18)6-3-1-2-4-7(6)12(19)20/h1-5H,(H,17,18)(H,19,20). The molecule has 6 nitrogen and oxygen atoms in total. The van der Waals surface area contributed by atoms with E-state index in [0.29, 0.717) is 0 Å². The Kier molecular flexibility index (Phi) is 4.16. The molecule has 1 amide bonds. The van der Waals surface area contributed by atoms with Crippen LogP contribution in [-0.4, -0.2) is 27.0 Å². The third kappa shape index (κ3) is 2.87. The Morgan fingerprint density at radius 1 is 1.05 bits per heavy atom. The van der Waals surface area contributed by atoms with Crippen molar-refractivity contribution in [3.05, 3.63) is 52.0 Å². The van der Waals surface area contributed by atoms with E-state index in [1.807, 2.05) is 0 Å². The fourth-order valence-corrected chi connectivity index (χ4v) is 1.91. The molecule has 0 saturated heterocycles. The van der Waals surface area contributed by atoms with E-state index in [1.165, 1.54) is 18.2 Å². The Hall–Kier alpha value is -2.18. The van der Waals surface area contributed by atoms with Crippen molar-refractivity contribution >= 4 is 40.8 Å². The number of nitrogens with one attached hydrogen (secondary N) is 1. The van der Waals surface area contributed by atoms with Gasteiger partial charge < -0.3 is 10.4 Å². The van der Waals surface area contributed by atoms with Crippen LogP contribution in [0.2, 0.25) is 10.3 Å². The number of halogens is 2. The van der Waals surface area contributed by atoms with Gasteiger partial charge in [-0.2, -0.15) is 0 Å². The smallest absolute Gasteiger partial charge is 0.336 e. The summed E-state index contributed by atoms with van der Waals surface area (Å²) in [5, 5.41) is 11.4. The number of aromatic carboxylic acids is 1. The van der Waals surface area contributed by atoms with Crippen LogP contribution >= 0.6 is 23.2 Å². The van der Waals surface area contributed by atoms with Crippen LogP contribution in [0.3, 0.4) is 0 Å². The molecular weight excluding hydrogens is 305 g/mol. The van der Waals surface area contributed by atoms with Crippen LogP contribution in [0.1, 0.15) is 20.7 Å². The zero-order valence-corrected chi connectivity index (χ0v) is 11.3. The lowest BCUT2D eigenvalue weighted by molar-refractivity contribution is 0.0692. The maximum atomic E-state index is 12.1.